The number of likely N-dealkylation sites (tertiary alicyclic amines) is 1. The Bertz CT molecular complexity index is 1160. The van der Waals surface area contributed by atoms with Gasteiger partial charge in [0.1, 0.15) is 18.7 Å². The van der Waals surface area contributed by atoms with Crippen molar-refractivity contribution in [3.63, 3.8) is 0 Å². The number of hydrogen-bond donors (Lipinski definition) is 4. The van der Waals surface area contributed by atoms with Gasteiger partial charge in [-0.05, 0) is 34.5 Å². The first-order chi connectivity index (χ1) is 20.7. The molecule has 0 aromatic rings. The van der Waals surface area contributed by atoms with Crippen molar-refractivity contribution in [2.45, 2.75) is 99.3 Å². The highest BCUT2D eigenvalue weighted by Crippen LogP contribution is 2.65. The topological polar surface area (TPSA) is 172 Å². The normalized spacial score (nSPS) is 22.1. The van der Waals surface area contributed by atoms with Crippen molar-refractivity contribution in [3.05, 3.63) is 12.7 Å². The molecule has 3 unspecified atom stereocenters. The Hall–Kier alpha value is -3.64. The minimum absolute atomic E-state index is 0.0589. The SMILES string of the molecule is C=CCNC(=O)C(=O)C(CCC)NC(=O)C1C2[C@H](CN1C(=O)[C@@H](NC(=O)N[C@H](COC(=O)OC)C(C)(C)C)C(C)(C)C)C2(C)C. The highest BCUT2D eigenvalue weighted by atomic mass is 16.7. The number of amides is 5. The van der Waals surface area contributed by atoms with Gasteiger partial charge in [-0.1, -0.05) is 74.8 Å². The Balaban J connectivity index is 2.30. The van der Waals surface area contributed by atoms with Crippen LogP contribution in [0.2, 0.25) is 0 Å². The van der Waals surface area contributed by atoms with Crippen LogP contribution in [0.5, 0.6) is 0 Å². The maximum Gasteiger partial charge on any atom is 0.508 e. The summed E-state index contributed by atoms with van der Waals surface area (Å²) in [5.74, 6) is -2.60. The van der Waals surface area contributed by atoms with Crippen LogP contribution >= 0.6 is 0 Å². The largest absolute Gasteiger partial charge is 0.508 e. The molecule has 0 aromatic carbocycles. The molecule has 13 nitrogen and oxygen atoms in total. The molecule has 4 N–H and O–H groups in total. The van der Waals surface area contributed by atoms with E-state index in [1.165, 1.54) is 18.1 Å². The third-order valence-electron chi connectivity index (χ3n) is 8.87. The number of nitrogens with zero attached hydrogens (tertiary/aromatic N) is 1. The number of rotatable bonds is 13. The molecule has 0 radical (unpaired) electrons. The number of urea groups is 1. The second-order valence-electron chi connectivity index (χ2n) is 14.7. The zero-order chi connectivity index (χ0) is 34.5. The van der Waals surface area contributed by atoms with E-state index >= 15 is 0 Å². The molecule has 6 atom stereocenters. The van der Waals surface area contributed by atoms with Gasteiger partial charge >= 0.3 is 12.2 Å². The summed E-state index contributed by atoms with van der Waals surface area (Å²) in [4.78, 5) is 79.7. The van der Waals surface area contributed by atoms with Crippen molar-refractivity contribution in [1.29, 1.82) is 0 Å². The first-order valence-corrected chi connectivity index (χ1v) is 15.5. The van der Waals surface area contributed by atoms with Crippen LogP contribution in [0.1, 0.15) is 75.2 Å². The Morgan fingerprint density at radius 1 is 1.00 bits per heavy atom. The molecule has 0 spiro atoms. The maximum atomic E-state index is 14.2. The zero-order valence-corrected chi connectivity index (χ0v) is 28.5. The van der Waals surface area contributed by atoms with Crippen molar-refractivity contribution >= 4 is 35.7 Å². The molecule has 5 amide bonds. The number of carbonyl (C=O) groups excluding carboxylic acids is 6. The fraction of sp³-hybridized carbons (Fsp3) is 0.750. The summed E-state index contributed by atoms with van der Waals surface area (Å²) >= 11 is 0. The minimum atomic E-state index is -1.05. The molecule has 2 rings (SSSR count). The van der Waals surface area contributed by atoms with Gasteiger partial charge in [0, 0.05) is 13.1 Å². The van der Waals surface area contributed by atoms with Gasteiger partial charge in [0.2, 0.25) is 17.6 Å². The molecule has 1 saturated heterocycles. The van der Waals surface area contributed by atoms with Gasteiger partial charge < -0.3 is 35.6 Å². The summed E-state index contributed by atoms with van der Waals surface area (Å²) in [6.45, 7) is 20.8. The van der Waals surface area contributed by atoms with Crippen molar-refractivity contribution < 1.29 is 38.2 Å². The molecule has 1 aliphatic heterocycles. The lowest BCUT2D eigenvalue weighted by Crippen LogP contribution is -2.62. The molecule has 2 aliphatic rings. The van der Waals surface area contributed by atoms with Crippen LogP contribution in [0.15, 0.2) is 12.7 Å². The van der Waals surface area contributed by atoms with Crippen LogP contribution in [0.25, 0.3) is 0 Å². The fourth-order valence-corrected chi connectivity index (χ4v) is 5.90. The minimum Gasteiger partial charge on any atom is -0.438 e. The average molecular weight is 636 g/mol. The second-order valence-corrected chi connectivity index (χ2v) is 14.7. The first-order valence-electron chi connectivity index (χ1n) is 15.5. The van der Waals surface area contributed by atoms with Gasteiger partial charge in [-0.2, -0.15) is 0 Å². The summed E-state index contributed by atoms with van der Waals surface area (Å²) in [5.41, 5.74) is -1.46. The fourth-order valence-electron chi connectivity index (χ4n) is 5.90. The number of fused-ring (bicyclic) bond motifs is 1. The van der Waals surface area contributed by atoms with E-state index in [9.17, 15) is 28.8 Å². The number of hydrogen-bond acceptors (Lipinski definition) is 8. The Morgan fingerprint density at radius 3 is 2.13 bits per heavy atom. The molecule has 2 fully saturated rings. The van der Waals surface area contributed by atoms with Crippen LogP contribution in [0.3, 0.4) is 0 Å². The van der Waals surface area contributed by atoms with E-state index in [1.807, 2.05) is 62.3 Å². The predicted octanol–water partition coefficient (Wildman–Crippen LogP) is 2.54. The first kappa shape index (κ1) is 37.5. The molecular weight excluding hydrogens is 582 g/mol. The molecule has 1 heterocycles. The number of ketones is 1. The number of Topliss-reactive ketones (excluding diaryl/α,β-unsaturated/α-hetero) is 1. The van der Waals surface area contributed by atoms with E-state index in [2.05, 4.69) is 32.6 Å². The number of piperidine rings is 1. The molecule has 0 aromatic heterocycles. The van der Waals surface area contributed by atoms with E-state index in [0.29, 0.717) is 13.0 Å². The quantitative estimate of drug-likeness (QED) is 0.136. The highest BCUT2D eigenvalue weighted by Gasteiger charge is 2.70. The van der Waals surface area contributed by atoms with Crippen LogP contribution in [-0.4, -0.2) is 91.6 Å². The van der Waals surface area contributed by atoms with Gasteiger partial charge in [-0.15, -0.1) is 6.58 Å². The average Bonchev–Trinajstić information content (AvgIpc) is 3.26. The summed E-state index contributed by atoms with van der Waals surface area (Å²) < 4.78 is 9.62. The monoisotopic (exact) mass is 635 g/mol. The molecule has 1 saturated carbocycles. The van der Waals surface area contributed by atoms with Crippen molar-refractivity contribution in [2.24, 2.45) is 28.1 Å². The van der Waals surface area contributed by atoms with E-state index in [0.717, 1.165) is 0 Å². The number of methoxy groups -OCH3 is 1. The molecule has 254 valence electrons. The molecule has 0 bridgehead atoms. The third-order valence-corrected chi connectivity index (χ3v) is 8.87. The third kappa shape index (κ3) is 9.20. The lowest BCUT2D eigenvalue weighted by atomic mass is 9.85. The summed E-state index contributed by atoms with van der Waals surface area (Å²) in [6, 6.07) is -4.20. The van der Waals surface area contributed by atoms with Crippen LogP contribution in [-0.2, 0) is 28.7 Å². The van der Waals surface area contributed by atoms with Gasteiger partial charge in [0.15, 0.2) is 0 Å². The lowest BCUT2D eigenvalue weighted by molar-refractivity contribution is -0.145. The van der Waals surface area contributed by atoms with Gasteiger partial charge in [-0.25, -0.2) is 9.59 Å². The van der Waals surface area contributed by atoms with Crippen molar-refractivity contribution in [3.8, 4) is 0 Å². The van der Waals surface area contributed by atoms with E-state index in [4.69, 9.17) is 4.74 Å². The molecule has 1 aliphatic carbocycles. The van der Waals surface area contributed by atoms with Gasteiger partial charge in [0.05, 0.1) is 19.2 Å². The second kappa shape index (κ2) is 14.6. The number of carbonyl (C=O) groups is 6. The maximum absolute atomic E-state index is 14.2. The summed E-state index contributed by atoms with van der Waals surface area (Å²) in [7, 11) is 1.19. The van der Waals surface area contributed by atoms with E-state index < -0.39 is 70.7 Å². The van der Waals surface area contributed by atoms with E-state index in [-0.39, 0.29) is 36.8 Å². The van der Waals surface area contributed by atoms with Gasteiger partial charge in [-0.3, -0.25) is 19.2 Å². The number of nitrogens with one attached hydrogen (secondary N) is 4. The van der Waals surface area contributed by atoms with E-state index in [1.54, 1.807) is 0 Å². The van der Waals surface area contributed by atoms with Crippen molar-refractivity contribution in [1.82, 2.24) is 26.2 Å². The summed E-state index contributed by atoms with van der Waals surface area (Å²) in [6.07, 6.45) is 1.37. The Morgan fingerprint density at radius 2 is 1.62 bits per heavy atom. The van der Waals surface area contributed by atoms with Crippen LogP contribution < -0.4 is 21.3 Å². The van der Waals surface area contributed by atoms with Gasteiger partial charge in [0.25, 0.3) is 5.91 Å². The van der Waals surface area contributed by atoms with Crippen LogP contribution in [0.4, 0.5) is 9.59 Å². The highest BCUT2D eigenvalue weighted by molar-refractivity contribution is 6.38. The molecular formula is C32H53N5O8. The zero-order valence-electron chi connectivity index (χ0n) is 28.5. The smallest absolute Gasteiger partial charge is 0.438 e. The summed E-state index contributed by atoms with van der Waals surface area (Å²) in [5, 5.41) is 10.8. The lowest BCUT2D eigenvalue weighted by Gasteiger charge is -2.38. The Kier molecular flexibility index (Phi) is 12.2. The molecule has 13 heteroatoms. The number of ether oxygens (including phenoxy) is 2. The predicted molar refractivity (Wildman–Crippen MR) is 168 cm³/mol. The molecule has 45 heavy (non-hydrogen) atoms. The Labute approximate surface area is 267 Å². The van der Waals surface area contributed by atoms with Crippen molar-refractivity contribution in [2.75, 3.05) is 26.8 Å². The van der Waals surface area contributed by atoms with Crippen LogP contribution in [0, 0.1) is 28.1 Å². The standard InChI is InChI=1S/C32H53N5O8/c1-12-14-19(23(38)26(40)33-15-13-2)34-25(39)22-21-18(32(21,9)10)16-37(22)27(41)24(31(6,7)8)36-28(42)35-20(30(3,4)5)17-45-29(43)44-11/h13,18-22,24H,2,12,14-17H2,1,3-11H3,(H,33,40)(H,34,39)(H2,35,36,42)/t18-,19?,20+,21?,22?,24+/m0/s1.